The number of halogens is 1. The van der Waals surface area contributed by atoms with Gasteiger partial charge in [0, 0.05) is 9.17 Å². The van der Waals surface area contributed by atoms with Gasteiger partial charge in [0.15, 0.2) is 0 Å². The quantitative estimate of drug-likeness (QED) is 0.816. The van der Waals surface area contributed by atoms with Gasteiger partial charge in [0.1, 0.15) is 0 Å². The lowest BCUT2D eigenvalue weighted by atomic mass is 10.1. The van der Waals surface area contributed by atoms with Gasteiger partial charge in [0.25, 0.3) is 0 Å². The summed E-state index contributed by atoms with van der Waals surface area (Å²) >= 11 is 5.43. The molecule has 2 aromatic rings. The van der Waals surface area contributed by atoms with E-state index in [1.165, 1.54) is 26.5 Å². The predicted molar refractivity (Wildman–Crippen MR) is 76.4 cm³/mol. The first kappa shape index (κ1) is 12.1. The smallest absolute Gasteiger partial charge is 0.0487 e. The Labute approximate surface area is 109 Å². The summed E-state index contributed by atoms with van der Waals surface area (Å²) in [6.45, 7) is 4.39. The summed E-state index contributed by atoms with van der Waals surface area (Å²) in [4.78, 5) is 0. The van der Waals surface area contributed by atoms with E-state index in [4.69, 9.17) is 0 Å². The molecule has 0 saturated heterocycles. The van der Waals surface area contributed by atoms with Crippen LogP contribution in [0.5, 0.6) is 0 Å². The lowest BCUT2D eigenvalue weighted by Gasteiger charge is -2.02. The van der Waals surface area contributed by atoms with E-state index in [0.29, 0.717) is 0 Å². The van der Waals surface area contributed by atoms with Gasteiger partial charge in [-0.1, -0.05) is 19.1 Å². The predicted octanol–water partition coefficient (Wildman–Crippen LogP) is 4.21. The molecule has 2 rings (SSSR count). The second-order valence-electron chi connectivity index (χ2n) is 3.88. The first-order valence-corrected chi connectivity index (χ1v) is 7.35. The van der Waals surface area contributed by atoms with Crippen molar-refractivity contribution >= 4 is 37.4 Å². The van der Waals surface area contributed by atoms with Crippen LogP contribution >= 0.6 is 27.3 Å². The van der Waals surface area contributed by atoms with Crippen LogP contribution in [0.4, 0.5) is 0 Å². The highest BCUT2D eigenvalue weighted by Gasteiger charge is 2.05. The molecule has 0 bridgehead atoms. The molecule has 1 aromatic heterocycles. The molecular formula is C13H16BrNS. The Hall–Kier alpha value is -0.380. The molecule has 86 valence electrons. The fraction of sp³-hybridized carbons (Fsp3) is 0.385. The van der Waals surface area contributed by atoms with Crippen molar-refractivity contribution in [3.63, 3.8) is 0 Å². The molecule has 0 amide bonds. The third kappa shape index (κ3) is 2.65. The van der Waals surface area contributed by atoms with Gasteiger partial charge in [-0.3, -0.25) is 0 Å². The van der Waals surface area contributed by atoms with Crippen molar-refractivity contribution in [2.45, 2.75) is 19.8 Å². The van der Waals surface area contributed by atoms with Crippen LogP contribution in [0.1, 0.15) is 18.9 Å². The van der Waals surface area contributed by atoms with E-state index in [-0.39, 0.29) is 0 Å². The van der Waals surface area contributed by atoms with Gasteiger partial charge in [-0.15, -0.1) is 11.3 Å². The molecule has 1 nitrogen and oxygen atoms in total. The molecule has 0 aliphatic rings. The van der Waals surface area contributed by atoms with Crippen LogP contribution in [0, 0.1) is 0 Å². The number of thiophene rings is 1. The van der Waals surface area contributed by atoms with Crippen LogP contribution in [-0.4, -0.2) is 13.1 Å². The third-order valence-corrected chi connectivity index (χ3v) is 4.63. The lowest BCUT2D eigenvalue weighted by molar-refractivity contribution is 0.673. The van der Waals surface area contributed by atoms with Crippen LogP contribution in [0.15, 0.2) is 28.1 Å². The van der Waals surface area contributed by atoms with E-state index in [2.05, 4.69) is 51.7 Å². The molecule has 0 saturated carbocycles. The summed E-state index contributed by atoms with van der Waals surface area (Å²) in [5, 5.41) is 7.13. The molecule has 16 heavy (non-hydrogen) atoms. The van der Waals surface area contributed by atoms with Gasteiger partial charge < -0.3 is 5.32 Å². The van der Waals surface area contributed by atoms with Crippen LogP contribution in [0.25, 0.3) is 10.1 Å². The molecule has 1 N–H and O–H groups in total. The van der Waals surface area contributed by atoms with E-state index in [1.807, 2.05) is 11.3 Å². The first-order chi connectivity index (χ1) is 7.83. The van der Waals surface area contributed by atoms with Crippen LogP contribution < -0.4 is 5.32 Å². The van der Waals surface area contributed by atoms with E-state index in [0.717, 1.165) is 19.5 Å². The Balaban J connectivity index is 2.10. The minimum Gasteiger partial charge on any atom is -0.316 e. The molecule has 0 radical (unpaired) electrons. The minimum atomic E-state index is 1.08. The molecule has 0 atom stereocenters. The summed E-state index contributed by atoms with van der Waals surface area (Å²) < 4.78 is 2.58. The zero-order valence-corrected chi connectivity index (χ0v) is 11.8. The number of hydrogen-bond acceptors (Lipinski definition) is 2. The van der Waals surface area contributed by atoms with E-state index in [1.54, 1.807) is 0 Å². The molecule has 0 spiro atoms. The molecule has 0 aliphatic carbocycles. The van der Waals surface area contributed by atoms with Crippen molar-refractivity contribution in [2.75, 3.05) is 13.1 Å². The van der Waals surface area contributed by atoms with Crippen molar-refractivity contribution in [3.05, 3.63) is 33.6 Å². The van der Waals surface area contributed by atoms with E-state index >= 15 is 0 Å². The SMILES string of the molecule is CCCNCCc1csc2c(Br)cccc12. The zero-order valence-electron chi connectivity index (χ0n) is 9.42. The lowest BCUT2D eigenvalue weighted by Crippen LogP contribution is -2.17. The molecule has 0 fully saturated rings. The van der Waals surface area contributed by atoms with Crippen LogP contribution in [-0.2, 0) is 6.42 Å². The van der Waals surface area contributed by atoms with Gasteiger partial charge >= 0.3 is 0 Å². The third-order valence-electron chi connectivity index (χ3n) is 2.63. The normalized spacial score (nSPS) is 11.1. The number of nitrogens with one attached hydrogen (secondary N) is 1. The average Bonchev–Trinajstić information content (AvgIpc) is 2.70. The van der Waals surface area contributed by atoms with Gasteiger partial charge in [-0.05, 0) is 64.3 Å². The Morgan fingerprint density at radius 3 is 3.00 bits per heavy atom. The summed E-state index contributed by atoms with van der Waals surface area (Å²) in [5.41, 5.74) is 1.46. The van der Waals surface area contributed by atoms with Crippen molar-refractivity contribution in [3.8, 4) is 0 Å². The molecule has 3 heteroatoms. The highest BCUT2D eigenvalue weighted by atomic mass is 79.9. The van der Waals surface area contributed by atoms with Crippen molar-refractivity contribution in [2.24, 2.45) is 0 Å². The minimum absolute atomic E-state index is 1.08. The molecular weight excluding hydrogens is 282 g/mol. The van der Waals surface area contributed by atoms with Crippen LogP contribution in [0.3, 0.4) is 0 Å². The summed E-state index contributed by atoms with van der Waals surface area (Å²) in [6, 6.07) is 6.44. The number of benzene rings is 1. The van der Waals surface area contributed by atoms with Gasteiger partial charge in [0.2, 0.25) is 0 Å². The number of rotatable bonds is 5. The Morgan fingerprint density at radius 2 is 2.19 bits per heavy atom. The largest absolute Gasteiger partial charge is 0.316 e. The van der Waals surface area contributed by atoms with Crippen molar-refractivity contribution < 1.29 is 0 Å². The Morgan fingerprint density at radius 1 is 1.31 bits per heavy atom. The maximum atomic E-state index is 3.60. The summed E-state index contributed by atoms with van der Waals surface area (Å²) in [5.74, 6) is 0. The average molecular weight is 298 g/mol. The molecule has 1 heterocycles. The molecule has 0 unspecified atom stereocenters. The molecule has 1 aromatic carbocycles. The number of fused-ring (bicyclic) bond motifs is 1. The van der Waals surface area contributed by atoms with E-state index < -0.39 is 0 Å². The fourth-order valence-electron chi connectivity index (χ4n) is 1.79. The van der Waals surface area contributed by atoms with Gasteiger partial charge in [-0.2, -0.15) is 0 Å². The highest BCUT2D eigenvalue weighted by Crippen LogP contribution is 2.32. The Kier molecular flexibility index (Phi) is 4.38. The zero-order chi connectivity index (χ0) is 11.4. The molecule has 0 aliphatic heterocycles. The Bertz CT molecular complexity index is 464. The second-order valence-corrected chi connectivity index (χ2v) is 5.61. The van der Waals surface area contributed by atoms with Gasteiger partial charge in [-0.25, -0.2) is 0 Å². The second kappa shape index (κ2) is 5.80. The van der Waals surface area contributed by atoms with Crippen molar-refractivity contribution in [1.29, 1.82) is 0 Å². The maximum Gasteiger partial charge on any atom is 0.0487 e. The first-order valence-electron chi connectivity index (χ1n) is 5.68. The number of hydrogen-bond donors (Lipinski definition) is 1. The van der Waals surface area contributed by atoms with E-state index in [9.17, 15) is 0 Å². The van der Waals surface area contributed by atoms with Crippen LogP contribution in [0.2, 0.25) is 0 Å². The van der Waals surface area contributed by atoms with Gasteiger partial charge in [0.05, 0.1) is 0 Å². The maximum absolute atomic E-state index is 3.60. The summed E-state index contributed by atoms with van der Waals surface area (Å²) in [6.07, 6.45) is 2.33. The standard InChI is InChI=1S/C13H16BrNS/c1-2-7-15-8-6-10-9-16-13-11(10)4-3-5-12(13)14/h3-5,9,15H,2,6-8H2,1H3. The monoisotopic (exact) mass is 297 g/mol. The highest BCUT2D eigenvalue weighted by molar-refractivity contribution is 9.10. The summed E-state index contributed by atoms with van der Waals surface area (Å²) in [7, 11) is 0. The fourth-order valence-corrected chi connectivity index (χ4v) is 3.45. The topological polar surface area (TPSA) is 12.0 Å². The van der Waals surface area contributed by atoms with Crippen molar-refractivity contribution in [1.82, 2.24) is 5.32 Å².